The van der Waals surface area contributed by atoms with Crippen LogP contribution in [-0.2, 0) is 12.0 Å². The van der Waals surface area contributed by atoms with Crippen LogP contribution in [0.1, 0.15) is 31.9 Å². The molecular formula is C20H26ClN5O2. The molecule has 0 aromatic heterocycles. The Labute approximate surface area is 171 Å². The predicted octanol–water partition coefficient (Wildman–Crippen LogP) is 3.38. The van der Waals surface area contributed by atoms with Gasteiger partial charge in [0.1, 0.15) is 0 Å². The van der Waals surface area contributed by atoms with Crippen LogP contribution in [-0.4, -0.2) is 18.7 Å². The Bertz CT molecular complexity index is 869. The minimum absolute atomic E-state index is 0. The lowest BCUT2D eigenvalue weighted by Crippen LogP contribution is -2.26. The fourth-order valence-electron chi connectivity index (χ4n) is 2.61. The van der Waals surface area contributed by atoms with Crippen molar-refractivity contribution in [2.45, 2.75) is 32.7 Å². The second kappa shape index (κ2) is 8.84. The Morgan fingerprint density at radius 1 is 1.04 bits per heavy atom. The van der Waals surface area contributed by atoms with Crippen molar-refractivity contribution in [1.82, 2.24) is 0 Å². The number of nitrogens with zero attached hydrogens (tertiary/aromatic N) is 2. The lowest BCUT2D eigenvalue weighted by molar-refractivity contribution is 0.174. The molecular weight excluding hydrogens is 378 g/mol. The maximum atomic E-state index is 5.54. The summed E-state index contributed by atoms with van der Waals surface area (Å²) < 4.78 is 10.7. The quantitative estimate of drug-likeness (QED) is 0.538. The lowest BCUT2D eigenvalue weighted by Gasteiger charge is -2.19. The highest BCUT2D eigenvalue weighted by molar-refractivity contribution is 6.01. The van der Waals surface area contributed by atoms with Crippen molar-refractivity contribution >= 4 is 30.0 Å². The summed E-state index contributed by atoms with van der Waals surface area (Å²) in [5.74, 6) is 1.75. The van der Waals surface area contributed by atoms with Crippen LogP contribution in [0.25, 0.3) is 0 Å². The summed E-state index contributed by atoms with van der Waals surface area (Å²) in [4.78, 5) is 8.57. The summed E-state index contributed by atoms with van der Waals surface area (Å²) in [6.07, 6.45) is 0. The molecule has 2 aromatic rings. The summed E-state index contributed by atoms with van der Waals surface area (Å²) >= 11 is 0. The number of aliphatic imine (C=N–C) groups is 2. The zero-order valence-corrected chi connectivity index (χ0v) is 17.0. The highest BCUT2D eigenvalue weighted by atomic mass is 35.5. The third-order valence-corrected chi connectivity index (χ3v) is 4.09. The summed E-state index contributed by atoms with van der Waals surface area (Å²) in [5, 5.41) is 3.16. The first-order valence-corrected chi connectivity index (χ1v) is 8.71. The van der Waals surface area contributed by atoms with Gasteiger partial charge in [0, 0.05) is 5.69 Å². The van der Waals surface area contributed by atoms with Crippen molar-refractivity contribution in [3.63, 3.8) is 0 Å². The molecule has 0 spiro atoms. The van der Waals surface area contributed by atoms with E-state index in [1.807, 2.05) is 30.3 Å². The van der Waals surface area contributed by atoms with Crippen molar-refractivity contribution < 1.29 is 9.47 Å². The van der Waals surface area contributed by atoms with E-state index in [1.54, 1.807) is 0 Å². The van der Waals surface area contributed by atoms with Gasteiger partial charge in [0.25, 0.3) is 0 Å². The maximum Gasteiger partial charge on any atom is 0.231 e. The molecule has 1 heterocycles. The smallest absolute Gasteiger partial charge is 0.231 e. The highest BCUT2D eigenvalue weighted by Crippen LogP contribution is 2.32. The minimum atomic E-state index is -0.0572. The first-order valence-electron chi connectivity index (χ1n) is 8.71. The van der Waals surface area contributed by atoms with Crippen LogP contribution in [0.15, 0.2) is 52.4 Å². The fraction of sp³-hybridized carbons (Fsp3) is 0.300. The Morgan fingerprint density at radius 3 is 2.36 bits per heavy atom. The zero-order valence-electron chi connectivity index (χ0n) is 16.2. The summed E-state index contributed by atoms with van der Waals surface area (Å²) in [6.45, 7) is 7.16. The van der Waals surface area contributed by atoms with E-state index in [2.05, 4.69) is 48.2 Å². The third kappa shape index (κ3) is 5.53. The van der Waals surface area contributed by atoms with E-state index < -0.39 is 0 Å². The molecule has 5 N–H and O–H groups in total. The zero-order chi connectivity index (χ0) is 19.4. The van der Waals surface area contributed by atoms with Crippen LogP contribution in [0.3, 0.4) is 0 Å². The largest absolute Gasteiger partial charge is 0.454 e. The van der Waals surface area contributed by atoms with Gasteiger partial charge in [0.05, 0.1) is 6.54 Å². The van der Waals surface area contributed by atoms with E-state index in [1.165, 1.54) is 5.56 Å². The number of hydrogen-bond donors (Lipinski definition) is 3. The lowest BCUT2D eigenvalue weighted by atomic mass is 9.87. The molecule has 7 nitrogen and oxygen atoms in total. The number of nitrogens with one attached hydrogen (secondary N) is 1. The van der Waals surface area contributed by atoms with Crippen molar-refractivity contribution in [3.8, 4) is 11.5 Å². The molecule has 150 valence electrons. The SMILES string of the molecule is CC(C)(C)c1ccc(NC(N=C(N)N)=NCc2ccc3c(c2)OCO3)cc1.Cl. The molecule has 28 heavy (non-hydrogen) atoms. The van der Waals surface area contributed by atoms with E-state index >= 15 is 0 Å². The molecule has 1 aliphatic heterocycles. The van der Waals surface area contributed by atoms with Crippen LogP contribution in [0, 0.1) is 0 Å². The molecule has 0 atom stereocenters. The highest BCUT2D eigenvalue weighted by Gasteiger charge is 2.14. The van der Waals surface area contributed by atoms with Crippen molar-refractivity contribution in [1.29, 1.82) is 0 Å². The first-order chi connectivity index (χ1) is 12.8. The van der Waals surface area contributed by atoms with Gasteiger partial charge in [-0.25, -0.2) is 4.99 Å². The standard InChI is InChI=1S/C20H25N5O2.ClH/c1-20(2,3)14-5-7-15(8-6-14)24-19(25-18(21)22)23-11-13-4-9-16-17(10-13)27-12-26-16;/h4-10H,11-12H2,1-3H3,(H5,21,22,23,24,25);1H. The van der Waals surface area contributed by atoms with Gasteiger partial charge in [-0.05, 0) is 40.8 Å². The van der Waals surface area contributed by atoms with Gasteiger partial charge in [0.2, 0.25) is 12.8 Å². The van der Waals surface area contributed by atoms with Crippen LogP contribution >= 0.6 is 12.4 Å². The number of rotatable bonds is 3. The number of benzene rings is 2. The van der Waals surface area contributed by atoms with Crippen LogP contribution in [0.5, 0.6) is 11.5 Å². The number of guanidine groups is 2. The monoisotopic (exact) mass is 403 g/mol. The number of hydrogen-bond acceptors (Lipinski definition) is 3. The molecule has 0 saturated carbocycles. The number of nitrogens with two attached hydrogens (primary N) is 2. The molecule has 3 rings (SSSR count). The molecule has 0 saturated heterocycles. The topological polar surface area (TPSA) is 107 Å². The average Bonchev–Trinajstić information content (AvgIpc) is 3.06. The van der Waals surface area contributed by atoms with Gasteiger partial charge in [-0.15, -0.1) is 12.4 Å². The second-order valence-corrected chi connectivity index (χ2v) is 7.32. The van der Waals surface area contributed by atoms with Gasteiger partial charge in [-0.1, -0.05) is 39.0 Å². The molecule has 0 bridgehead atoms. The Kier molecular flexibility index (Phi) is 6.75. The van der Waals surface area contributed by atoms with Gasteiger partial charge < -0.3 is 26.3 Å². The second-order valence-electron chi connectivity index (χ2n) is 7.32. The molecule has 8 heteroatoms. The van der Waals surface area contributed by atoms with Gasteiger partial charge in [-0.2, -0.15) is 4.99 Å². The average molecular weight is 404 g/mol. The number of ether oxygens (including phenoxy) is 2. The van der Waals surface area contributed by atoms with Gasteiger partial charge in [-0.3, -0.25) is 0 Å². The van der Waals surface area contributed by atoms with Gasteiger partial charge >= 0.3 is 0 Å². The van der Waals surface area contributed by atoms with Crippen LogP contribution in [0.4, 0.5) is 5.69 Å². The molecule has 0 unspecified atom stereocenters. The fourth-order valence-corrected chi connectivity index (χ4v) is 2.61. The van der Waals surface area contributed by atoms with Crippen molar-refractivity contribution in [2.24, 2.45) is 21.5 Å². The Hall–Kier alpha value is -2.93. The van der Waals surface area contributed by atoms with Crippen LogP contribution < -0.4 is 26.3 Å². The minimum Gasteiger partial charge on any atom is -0.454 e. The first kappa shape index (κ1) is 21.4. The molecule has 1 aliphatic rings. The molecule has 0 radical (unpaired) electrons. The van der Waals surface area contributed by atoms with Crippen molar-refractivity contribution in [2.75, 3.05) is 12.1 Å². The van der Waals surface area contributed by atoms with Crippen molar-refractivity contribution in [3.05, 3.63) is 53.6 Å². The third-order valence-electron chi connectivity index (χ3n) is 4.09. The molecule has 0 amide bonds. The molecule has 2 aromatic carbocycles. The van der Waals surface area contributed by atoms with E-state index in [0.29, 0.717) is 12.5 Å². The number of anilines is 1. The summed E-state index contributed by atoms with van der Waals surface area (Å²) in [5.41, 5.74) is 14.2. The predicted molar refractivity (Wildman–Crippen MR) is 116 cm³/mol. The van der Waals surface area contributed by atoms with E-state index in [0.717, 1.165) is 22.7 Å². The van der Waals surface area contributed by atoms with Gasteiger partial charge in [0.15, 0.2) is 17.5 Å². The summed E-state index contributed by atoms with van der Waals surface area (Å²) in [6, 6.07) is 13.8. The maximum absolute atomic E-state index is 5.54. The number of halogens is 1. The van der Waals surface area contributed by atoms with Crippen LogP contribution in [0.2, 0.25) is 0 Å². The summed E-state index contributed by atoms with van der Waals surface area (Å²) in [7, 11) is 0. The normalized spacial score (nSPS) is 12.9. The molecule has 0 aliphatic carbocycles. The van der Waals surface area contributed by atoms with E-state index in [4.69, 9.17) is 20.9 Å². The van der Waals surface area contributed by atoms with E-state index in [9.17, 15) is 0 Å². The number of fused-ring (bicyclic) bond motifs is 1. The Morgan fingerprint density at radius 2 is 1.71 bits per heavy atom. The Balaban J connectivity index is 0.00000280. The van der Waals surface area contributed by atoms with E-state index in [-0.39, 0.29) is 30.6 Å². The molecule has 0 fully saturated rings.